The number of methoxy groups -OCH3 is 2. The summed E-state index contributed by atoms with van der Waals surface area (Å²) in [7, 11) is 7.40. The standard InChI is InChI=1S/C15H27N3O2/c1-7-15(2,18(3)4)14(17-16)11-8-9-12(19-5)13(10-11)20-6/h8-10,14,17H,7,16H2,1-6H3. The van der Waals surface area contributed by atoms with Crippen LogP contribution < -0.4 is 20.7 Å². The monoisotopic (exact) mass is 281 g/mol. The molecule has 1 aromatic carbocycles. The third-order valence-corrected chi connectivity index (χ3v) is 4.27. The Morgan fingerprint density at radius 3 is 2.25 bits per heavy atom. The average Bonchev–Trinajstić information content (AvgIpc) is 2.47. The van der Waals surface area contributed by atoms with E-state index in [4.69, 9.17) is 15.3 Å². The van der Waals surface area contributed by atoms with Crippen LogP contribution in [0.25, 0.3) is 0 Å². The van der Waals surface area contributed by atoms with E-state index >= 15 is 0 Å². The van der Waals surface area contributed by atoms with Crippen LogP contribution in [0.1, 0.15) is 31.9 Å². The van der Waals surface area contributed by atoms with Gasteiger partial charge in [0.15, 0.2) is 11.5 Å². The molecule has 5 heteroatoms. The lowest BCUT2D eigenvalue weighted by Crippen LogP contribution is -2.52. The lowest BCUT2D eigenvalue weighted by atomic mass is 9.84. The number of hydrazine groups is 1. The van der Waals surface area contributed by atoms with Gasteiger partial charge in [-0.05, 0) is 45.1 Å². The second-order valence-electron chi connectivity index (χ2n) is 5.32. The van der Waals surface area contributed by atoms with Gasteiger partial charge >= 0.3 is 0 Å². The number of nitrogens with zero attached hydrogens (tertiary/aromatic N) is 1. The molecular formula is C15H27N3O2. The van der Waals surface area contributed by atoms with Crippen molar-refractivity contribution in [2.45, 2.75) is 31.8 Å². The van der Waals surface area contributed by atoms with Gasteiger partial charge in [-0.1, -0.05) is 13.0 Å². The lowest BCUT2D eigenvalue weighted by molar-refractivity contribution is 0.113. The number of nitrogens with one attached hydrogen (secondary N) is 1. The number of ether oxygens (including phenoxy) is 2. The molecule has 2 unspecified atom stereocenters. The van der Waals surface area contributed by atoms with E-state index in [1.165, 1.54) is 0 Å². The fraction of sp³-hybridized carbons (Fsp3) is 0.600. The van der Waals surface area contributed by atoms with Crippen molar-refractivity contribution in [1.29, 1.82) is 0 Å². The maximum absolute atomic E-state index is 5.82. The smallest absolute Gasteiger partial charge is 0.161 e. The van der Waals surface area contributed by atoms with Crippen LogP contribution in [0.3, 0.4) is 0 Å². The van der Waals surface area contributed by atoms with Crippen molar-refractivity contribution >= 4 is 0 Å². The molecule has 0 aliphatic rings. The van der Waals surface area contributed by atoms with Crippen molar-refractivity contribution < 1.29 is 9.47 Å². The van der Waals surface area contributed by atoms with E-state index in [0.29, 0.717) is 5.75 Å². The van der Waals surface area contributed by atoms with Crippen LogP contribution in [-0.4, -0.2) is 38.8 Å². The highest BCUT2D eigenvalue weighted by Gasteiger charge is 2.35. The molecule has 20 heavy (non-hydrogen) atoms. The predicted molar refractivity (Wildman–Crippen MR) is 82.0 cm³/mol. The van der Waals surface area contributed by atoms with Gasteiger partial charge in [-0.2, -0.15) is 0 Å². The van der Waals surface area contributed by atoms with Crippen molar-refractivity contribution in [2.24, 2.45) is 5.84 Å². The summed E-state index contributed by atoms with van der Waals surface area (Å²) in [5.74, 6) is 7.25. The molecule has 0 fully saturated rings. The Labute approximate surface area is 122 Å². The SMILES string of the molecule is CCC(C)(C(NN)c1ccc(OC)c(OC)c1)N(C)C. The van der Waals surface area contributed by atoms with Gasteiger partial charge in [-0.15, -0.1) is 0 Å². The van der Waals surface area contributed by atoms with Gasteiger partial charge in [0, 0.05) is 5.54 Å². The molecule has 0 bridgehead atoms. The van der Waals surface area contributed by atoms with Gasteiger partial charge in [-0.3, -0.25) is 11.3 Å². The van der Waals surface area contributed by atoms with Crippen LogP contribution in [0.2, 0.25) is 0 Å². The first-order chi connectivity index (χ1) is 9.44. The molecule has 2 atom stereocenters. The van der Waals surface area contributed by atoms with Crippen LogP contribution in [0.5, 0.6) is 11.5 Å². The van der Waals surface area contributed by atoms with Gasteiger partial charge in [0.2, 0.25) is 0 Å². The van der Waals surface area contributed by atoms with Gasteiger partial charge in [0.05, 0.1) is 20.3 Å². The highest BCUT2D eigenvalue weighted by atomic mass is 16.5. The first-order valence-electron chi connectivity index (χ1n) is 6.80. The summed E-state index contributed by atoms with van der Waals surface area (Å²) in [6.07, 6.45) is 0.962. The summed E-state index contributed by atoms with van der Waals surface area (Å²) < 4.78 is 10.6. The number of rotatable bonds is 7. The van der Waals surface area contributed by atoms with Crippen LogP contribution in [0, 0.1) is 0 Å². The molecular weight excluding hydrogens is 254 g/mol. The largest absolute Gasteiger partial charge is 0.493 e. The van der Waals surface area contributed by atoms with E-state index in [0.717, 1.165) is 17.7 Å². The molecule has 0 radical (unpaired) electrons. The van der Waals surface area contributed by atoms with E-state index in [1.54, 1.807) is 14.2 Å². The third-order valence-electron chi connectivity index (χ3n) is 4.27. The zero-order valence-corrected chi connectivity index (χ0v) is 13.4. The zero-order valence-electron chi connectivity index (χ0n) is 13.4. The van der Waals surface area contributed by atoms with Crippen LogP contribution in [-0.2, 0) is 0 Å². The summed E-state index contributed by atoms with van der Waals surface area (Å²) in [5.41, 5.74) is 3.91. The molecule has 1 aromatic rings. The summed E-state index contributed by atoms with van der Waals surface area (Å²) in [6, 6.07) is 5.89. The number of likely N-dealkylation sites (N-methyl/N-ethyl adjacent to an activating group) is 1. The summed E-state index contributed by atoms with van der Waals surface area (Å²) >= 11 is 0. The number of hydrogen-bond acceptors (Lipinski definition) is 5. The Morgan fingerprint density at radius 1 is 1.25 bits per heavy atom. The summed E-state index contributed by atoms with van der Waals surface area (Å²) in [5, 5.41) is 0. The van der Waals surface area contributed by atoms with Crippen molar-refractivity contribution in [2.75, 3.05) is 28.3 Å². The van der Waals surface area contributed by atoms with E-state index in [2.05, 4.69) is 38.3 Å². The molecule has 5 nitrogen and oxygen atoms in total. The average molecular weight is 281 g/mol. The predicted octanol–water partition coefficient (Wildman–Crippen LogP) is 1.94. The van der Waals surface area contributed by atoms with Gasteiger partial charge < -0.3 is 14.4 Å². The highest BCUT2D eigenvalue weighted by molar-refractivity contribution is 5.44. The first kappa shape index (κ1) is 16.8. The fourth-order valence-corrected chi connectivity index (χ4v) is 2.45. The van der Waals surface area contributed by atoms with Crippen LogP contribution in [0.4, 0.5) is 0 Å². The molecule has 0 saturated carbocycles. The Bertz CT molecular complexity index is 437. The minimum Gasteiger partial charge on any atom is -0.493 e. The fourth-order valence-electron chi connectivity index (χ4n) is 2.45. The maximum Gasteiger partial charge on any atom is 0.161 e. The molecule has 0 spiro atoms. The zero-order chi connectivity index (χ0) is 15.3. The molecule has 0 aliphatic carbocycles. The van der Waals surface area contributed by atoms with Crippen molar-refractivity contribution in [3.05, 3.63) is 23.8 Å². The molecule has 0 heterocycles. The van der Waals surface area contributed by atoms with Crippen LogP contribution in [0.15, 0.2) is 18.2 Å². The Kier molecular flexibility index (Phi) is 5.80. The Balaban J connectivity index is 3.25. The summed E-state index contributed by atoms with van der Waals surface area (Å²) in [4.78, 5) is 2.19. The van der Waals surface area contributed by atoms with E-state index < -0.39 is 0 Å². The minimum absolute atomic E-state index is 0.0118. The summed E-state index contributed by atoms with van der Waals surface area (Å²) in [6.45, 7) is 4.35. The molecule has 114 valence electrons. The minimum atomic E-state index is -0.103. The van der Waals surface area contributed by atoms with E-state index in [1.807, 2.05) is 18.2 Å². The molecule has 0 aliphatic heterocycles. The topological polar surface area (TPSA) is 59.8 Å². The Hall–Kier alpha value is -1.30. The van der Waals surface area contributed by atoms with Gasteiger partial charge in [0.25, 0.3) is 0 Å². The Morgan fingerprint density at radius 2 is 1.85 bits per heavy atom. The molecule has 0 aromatic heterocycles. The first-order valence-corrected chi connectivity index (χ1v) is 6.80. The third kappa shape index (κ3) is 3.06. The molecule has 0 saturated heterocycles. The maximum atomic E-state index is 5.82. The second kappa shape index (κ2) is 6.92. The second-order valence-corrected chi connectivity index (χ2v) is 5.32. The van der Waals surface area contributed by atoms with E-state index in [9.17, 15) is 0 Å². The van der Waals surface area contributed by atoms with Crippen molar-refractivity contribution in [3.63, 3.8) is 0 Å². The molecule has 0 amide bonds. The van der Waals surface area contributed by atoms with Crippen molar-refractivity contribution in [3.8, 4) is 11.5 Å². The lowest BCUT2D eigenvalue weighted by Gasteiger charge is -2.42. The van der Waals surface area contributed by atoms with E-state index in [-0.39, 0.29) is 11.6 Å². The van der Waals surface area contributed by atoms with Crippen LogP contribution >= 0.6 is 0 Å². The highest BCUT2D eigenvalue weighted by Crippen LogP contribution is 2.36. The quantitative estimate of drug-likeness (QED) is 0.591. The number of nitrogens with two attached hydrogens (primary N) is 1. The molecule has 3 N–H and O–H groups in total. The van der Waals surface area contributed by atoms with Gasteiger partial charge in [-0.25, -0.2) is 0 Å². The van der Waals surface area contributed by atoms with Crippen molar-refractivity contribution in [1.82, 2.24) is 10.3 Å². The number of benzene rings is 1. The number of hydrogen-bond donors (Lipinski definition) is 2. The molecule has 1 rings (SSSR count). The van der Waals surface area contributed by atoms with Gasteiger partial charge in [0.1, 0.15) is 0 Å². The normalized spacial score (nSPS) is 15.8.